The number of pyridine rings is 1. The Bertz CT molecular complexity index is 567. The average Bonchev–Trinajstić information content (AvgIpc) is 2.33. The zero-order valence-electron chi connectivity index (χ0n) is 9.84. The molecule has 0 radical (unpaired) electrons. The molecule has 0 N–H and O–H groups in total. The van der Waals surface area contributed by atoms with Gasteiger partial charge in [-0.2, -0.15) is 0 Å². The summed E-state index contributed by atoms with van der Waals surface area (Å²) in [6, 6.07) is 13.6. The summed E-state index contributed by atoms with van der Waals surface area (Å²) >= 11 is 0. The van der Waals surface area contributed by atoms with Gasteiger partial charge in [0.05, 0.1) is 0 Å². The summed E-state index contributed by atoms with van der Waals surface area (Å²) in [5.41, 5.74) is 2.19. The molecule has 2 rings (SSSR count). The lowest BCUT2D eigenvalue weighted by Crippen LogP contribution is -2.17. The Labute approximate surface area is 101 Å². The van der Waals surface area contributed by atoms with Crippen LogP contribution >= 0.6 is 0 Å². The summed E-state index contributed by atoms with van der Waals surface area (Å²) in [6.45, 7) is 2.53. The molecule has 0 amide bonds. The van der Waals surface area contributed by atoms with Crippen LogP contribution in [0, 0.1) is 6.92 Å². The van der Waals surface area contributed by atoms with Crippen LogP contribution in [0.2, 0.25) is 0 Å². The lowest BCUT2D eigenvalue weighted by molar-refractivity contribution is 0.778. The van der Waals surface area contributed by atoms with E-state index in [0.29, 0.717) is 6.54 Å². The molecule has 1 heterocycles. The molecule has 2 aromatic rings. The molecule has 0 aliphatic rings. The van der Waals surface area contributed by atoms with E-state index >= 15 is 0 Å². The van der Waals surface area contributed by atoms with Crippen molar-refractivity contribution in [3.8, 4) is 0 Å². The number of allylic oxidation sites excluding steroid dienone is 1. The minimum atomic E-state index is 0.0442. The number of nitrogens with zero attached hydrogens (tertiary/aromatic N) is 1. The van der Waals surface area contributed by atoms with Crippen LogP contribution in [-0.2, 0) is 6.54 Å². The minimum absolute atomic E-state index is 0.0442. The first-order valence-electron chi connectivity index (χ1n) is 5.64. The van der Waals surface area contributed by atoms with Crippen LogP contribution in [0.4, 0.5) is 0 Å². The summed E-state index contributed by atoms with van der Waals surface area (Å²) < 4.78 is 1.69. The molecule has 86 valence electrons. The van der Waals surface area contributed by atoms with Crippen molar-refractivity contribution < 1.29 is 0 Å². The van der Waals surface area contributed by atoms with E-state index < -0.39 is 0 Å². The van der Waals surface area contributed by atoms with Crippen LogP contribution in [0.25, 0.3) is 6.08 Å². The van der Waals surface area contributed by atoms with Crippen molar-refractivity contribution in [2.24, 2.45) is 0 Å². The molecule has 0 atom stereocenters. The van der Waals surface area contributed by atoms with Gasteiger partial charge in [-0.1, -0.05) is 42.5 Å². The molecule has 0 aliphatic heterocycles. The monoisotopic (exact) mass is 225 g/mol. The van der Waals surface area contributed by atoms with Crippen molar-refractivity contribution in [3.63, 3.8) is 0 Å². The molecule has 1 aromatic heterocycles. The Morgan fingerprint density at radius 2 is 1.94 bits per heavy atom. The second-order valence-corrected chi connectivity index (χ2v) is 4.01. The molecule has 0 saturated heterocycles. The van der Waals surface area contributed by atoms with E-state index in [-0.39, 0.29) is 5.56 Å². The Morgan fingerprint density at radius 3 is 2.65 bits per heavy atom. The van der Waals surface area contributed by atoms with Crippen LogP contribution in [0.3, 0.4) is 0 Å². The van der Waals surface area contributed by atoms with Crippen molar-refractivity contribution in [2.75, 3.05) is 0 Å². The first-order chi connectivity index (χ1) is 8.25. The number of aryl methyl sites for hydroxylation is 1. The number of rotatable bonds is 3. The van der Waals surface area contributed by atoms with E-state index in [1.807, 2.05) is 61.7 Å². The van der Waals surface area contributed by atoms with E-state index in [1.54, 1.807) is 10.6 Å². The van der Waals surface area contributed by atoms with Crippen molar-refractivity contribution in [2.45, 2.75) is 13.5 Å². The van der Waals surface area contributed by atoms with Gasteiger partial charge in [-0.25, -0.2) is 0 Å². The molecule has 0 aliphatic carbocycles. The van der Waals surface area contributed by atoms with Gasteiger partial charge in [0.2, 0.25) is 0 Å². The van der Waals surface area contributed by atoms with Crippen LogP contribution in [-0.4, -0.2) is 4.57 Å². The maximum Gasteiger partial charge on any atom is 0.251 e. The minimum Gasteiger partial charge on any atom is -0.312 e. The molecule has 17 heavy (non-hydrogen) atoms. The maximum atomic E-state index is 11.6. The molecule has 0 unspecified atom stereocenters. The van der Waals surface area contributed by atoms with Gasteiger partial charge in [-0.05, 0) is 24.1 Å². The number of benzene rings is 1. The molecule has 0 spiro atoms. The summed E-state index contributed by atoms with van der Waals surface area (Å²) in [4.78, 5) is 11.6. The van der Waals surface area contributed by atoms with Gasteiger partial charge in [0.25, 0.3) is 5.56 Å². The highest BCUT2D eigenvalue weighted by molar-refractivity contribution is 5.48. The van der Waals surface area contributed by atoms with Crippen LogP contribution < -0.4 is 5.56 Å². The third-order valence-corrected chi connectivity index (χ3v) is 2.56. The Morgan fingerprint density at radius 1 is 1.18 bits per heavy atom. The van der Waals surface area contributed by atoms with E-state index in [1.165, 1.54) is 0 Å². The van der Waals surface area contributed by atoms with Crippen LogP contribution in [0.5, 0.6) is 0 Å². The highest BCUT2D eigenvalue weighted by Gasteiger charge is 1.92. The first-order valence-corrected chi connectivity index (χ1v) is 5.64. The normalized spacial score (nSPS) is 10.9. The number of aromatic nitrogens is 1. The van der Waals surface area contributed by atoms with Gasteiger partial charge < -0.3 is 4.57 Å². The molecule has 0 fully saturated rings. The van der Waals surface area contributed by atoms with Crippen molar-refractivity contribution in [3.05, 3.63) is 76.2 Å². The van der Waals surface area contributed by atoms with Crippen molar-refractivity contribution in [1.82, 2.24) is 4.57 Å². The summed E-state index contributed by atoms with van der Waals surface area (Å²) in [6.07, 6.45) is 5.84. The first kappa shape index (κ1) is 11.4. The third kappa shape index (κ3) is 3.18. The lowest BCUT2D eigenvalue weighted by Gasteiger charge is -2.01. The zero-order valence-corrected chi connectivity index (χ0v) is 9.84. The summed E-state index contributed by atoms with van der Waals surface area (Å²) in [7, 11) is 0. The fourth-order valence-corrected chi connectivity index (χ4v) is 1.62. The Kier molecular flexibility index (Phi) is 3.55. The van der Waals surface area contributed by atoms with E-state index in [0.717, 1.165) is 11.1 Å². The number of hydrogen-bond donors (Lipinski definition) is 0. The average molecular weight is 225 g/mol. The van der Waals surface area contributed by atoms with Gasteiger partial charge in [0, 0.05) is 18.8 Å². The van der Waals surface area contributed by atoms with Gasteiger partial charge in [0.1, 0.15) is 0 Å². The fraction of sp³-hybridized carbons (Fsp3) is 0.133. The second-order valence-electron chi connectivity index (χ2n) is 4.01. The molecule has 0 bridgehead atoms. The van der Waals surface area contributed by atoms with Gasteiger partial charge in [0.15, 0.2) is 0 Å². The molecule has 1 aromatic carbocycles. The van der Waals surface area contributed by atoms with E-state index in [2.05, 4.69) is 0 Å². The highest BCUT2D eigenvalue weighted by Crippen LogP contribution is 2.01. The molecule has 0 saturated carbocycles. The standard InChI is InChI=1S/C15H15NO/c1-13-9-11-16(15(17)12-13)10-5-8-14-6-3-2-4-7-14/h2-9,11-12H,10H2,1H3/b8-5-. The number of hydrogen-bond acceptors (Lipinski definition) is 1. The highest BCUT2D eigenvalue weighted by atomic mass is 16.1. The SMILES string of the molecule is Cc1ccn(C/C=C\c2ccccc2)c(=O)c1. The van der Waals surface area contributed by atoms with Crippen molar-refractivity contribution in [1.29, 1.82) is 0 Å². The largest absolute Gasteiger partial charge is 0.312 e. The topological polar surface area (TPSA) is 22.0 Å². The molecular formula is C15H15NO. The van der Waals surface area contributed by atoms with Gasteiger partial charge in [-0.3, -0.25) is 4.79 Å². The predicted octanol–water partition coefficient (Wildman–Crippen LogP) is 2.87. The van der Waals surface area contributed by atoms with E-state index in [4.69, 9.17) is 0 Å². The summed E-state index contributed by atoms with van der Waals surface area (Å²) in [5.74, 6) is 0. The molecular weight excluding hydrogens is 210 g/mol. The van der Waals surface area contributed by atoms with Crippen LogP contribution in [0.1, 0.15) is 11.1 Å². The third-order valence-electron chi connectivity index (χ3n) is 2.56. The zero-order chi connectivity index (χ0) is 12.1. The van der Waals surface area contributed by atoms with Gasteiger partial charge in [-0.15, -0.1) is 0 Å². The van der Waals surface area contributed by atoms with E-state index in [9.17, 15) is 4.79 Å². The summed E-state index contributed by atoms with van der Waals surface area (Å²) in [5, 5.41) is 0. The van der Waals surface area contributed by atoms with Gasteiger partial charge >= 0.3 is 0 Å². The smallest absolute Gasteiger partial charge is 0.251 e. The molecule has 2 nitrogen and oxygen atoms in total. The van der Waals surface area contributed by atoms with Crippen LogP contribution in [0.15, 0.2) is 59.5 Å². The Hall–Kier alpha value is -2.09. The maximum absolute atomic E-state index is 11.6. The quantitative estimate of drug-likeness (QED) is 0.787. The molecule has 2 heteroatoms. The fourth-order valence-electron chi connectivity index (χ4n) is 1.62. The van der Waals surface area contributed by atoms with Crippen molar-refractivity contribution >= 4 is 6.08 Å². The Balaban J connectivity index is 2.08. The predicted molar refractivity (Wildman–Crippen MR) is 70.9 cm³/mol. The second kappa shape index (κ2) is 5.30. The lowest BCUT2D eigenvalue weighted by atomic mass is 10.2.